The van der Waals surface area contributed by atoms with Gasteiger partial charge in [-0.2, -0.15) is 5.10 Å². The van der Waals surface area contributed by atoms with Gasteiger partial charge in [-0.3, -0.25) is 4.79 Å². The molecule has 110 valence electrons. The molecule has 0 unspecified atom stereocenters. The Bertz CT molecular complexity index is 662. The fraction of sp³-hybridized carbons (Fsp3) is 0.333. The van der Waals surface area contributed by atoms with E-state index in [-0.39, 0.29) is 5.56 Å². The highest BCUT2D eigenvalue weighted by Gasteiger charge is 2.20. The molecule has 1 saturated heterocycles. The number of rotatable bonds is 3. The first-order chi connectivity index (χ1) is 10.3. The summed E-state index contributed by atoms with van der Waals surface area (Å²) in [6.07, 6.45) is 1.69. The number of benzene rings is 1. The molecule has 1 aromatic carbocycles. The molecule has 1 aliphatic rings. The lowest BCUT2D eigenvalue weighted by molar-refractivity contribution is 0.413. The highest BCUT2D eigenvalue weighted by Crippen LogP contribution is 2.28. The van der Waals surface area contributed by atoms with E-state index in [1.165, 1.54) is 0 Å². The van der Waals surface area contributed by atoms with Crippen LogP contribution in [0.3, 0.4) is 0 Å². The van der Waals surface area contributed by atoms with Crippen LogP contribution in [-0.2, 0) is 0 Å². The summed E-state index contributed by atoms with van der Waals surface area (Å²) in [5.41, 5.74) is 1.82. The monoisotopic (exact) mass is 286 g/mol. The van der Waals surface area contributed by atoms with Gasteiger partial charge in [0, 0.05) is 32.2 Å². The SMILES string of the molecule is COc1ccccc1N1CCN(c2cn[nH]c(=O)c2)CC1. The second kappa shape index (κ2) is 5.87. The highest BCUT2D eigenvalue weighted by molar-refractivity contribution is 5.59. The Kier molecular flexibility index (Phi) is 3.77. The predicted molar refractivity (Wildman–Crippen MR) is 82.3 cm³/mol. The van der Waals surface area contributed by atoms with E-state index in [9.17, 15) is 4.79 Å². The molecular formula is C15H18N4O2. The quantitative estimate of drug-likeness (QED) is 0.915. The maximum absolute atomic E-state index is 11.3. The third kappa shape index (κ3) is 2.84. The van der Waals surface area contributed by atoms with Crippen LogP contribution in [-0.4, -0.2) is 43.5 Å². The van der Waals surface area contributed by atoms with Gasteiger partial charge in [0.1, 0.15) is 5.75 Å². The van der Waals surface area contributed by atoms with Gasteiger partial charge < -0.3 is 14.5 Å². The van der Waals surface area contributed by atoms with E-state index in [1.807, 2.05) is 18.2 Å². The van der Waals surface area contributed by atoms with E-state index in [4.69, 9.17) is 4.74 Å². The normalized spacial score (nSPS) is 15.1. The van der Waals surface area contributed by atoms with Crippen LogP contribution >= 0.6 is 0 Å². The molecule has 3 rings (SSSR count). The number of piperazine rings is 1. The Morgan fingerprint density at radius 1 is 1.14 bits per heavy atom. The Labute approximate surface area is 123 Å². The number of aromatic amines is 1. The topological polar surface area (TPSA) is 61.5 Å². The predicted octanol–water partition coefficient (Wildman–Crippen LogP) is 1.11. The van der Waals surface area contributed by atoms with Crippen molar-refractivity contribution in [1.29, 1.82) is 0 Å². The van der Waals surface area contributed by atoms with E-state index in [0.717, 1.165) is 43.3 Å². The van der Waals surface area contributed by atoms with Crippen LogP contribution in [0.2, 0.25) is 0 Å². The van der Waals surface area contributed by atoms with Gasteiger partial charge in [0.25, 0.3) is 5.56 Å². The Morgan fingerprint density at radius 3 is 2.57 bits per heavy atom. The van der Waals surface area contributed by atoms with Crippen molar-refractivity contribution in [3.05, 3.63) is 46.9 Å². The van der Waals surface area contributed by atoms with Gasteiger partial charge in [-0.15, -0.1) is 0 Å². The lowest BCUT2D eigenvalue weighted by atomic mass is 10.2. The average molecular weight is 286 g/mol. The maximum atomic E-state index is 11.3. The number of nitrogens with zero attached hydrogens (tertiary/aromatic N) is 3. The van der Waals surface area contributed by atoms with Crippen molar-refractivity contribution in [2.45, 2.75) is 0 Å². The van der Waals surface area contributed by atoms with Crippen molar-refractivity contribution in [2.75, 3.05) is 43.1 Å². The zero-order valence-corrected chi connectivity index (χ0v) is 12.0. The molecule has 1 aliphatic heterocycles. The summed E-state index contributed by atoms with van der Waals surface area (Å²) in [7, 11) is 1.69. The number of H-pyrrole nitrogens is 1. The minimum absolute atomic E-state index is 0.167. The summed E-state index contributed by atoms with van der Waals surface area (Å²) in [6.45, 7) is 3.46. The number of nitrogens with one attached hydrogen (secondary N) is 1. The molecule has 0 saturated carbocycles. The molecule has 0 radical (unpaired) electrons. The van der Waals surface area contributed by atoms with Gasteiger partial charge in [-0.25, -0.2) is 5.10 Å². The molecule has 1 aromatic heterocycles. The van der Waals surface area contributed by atoms with Gasteiger partial charge in [0.2, 0.25) is 0 Å². The second-order valence-corrected chi connectivity index (χ2v) is 4.95. The first kappa shape index (κ1) is 13.5. The number of hydrogen-bond donors (Lipinski definition) is 1. The first-order valence-corrected chi connectivity index (χ1v) is 6.95. The minimum atomic E-state index is -0.167. The molecule has 6 heteroatoms. The smallest absolute Gasteiger partial charge is 0.266 e. The zero-order valence-electron chi connectivity index (χ0n) is 12.0. The summed E-state index contributed by atoms with van der Waals surface area (Å²) in [6, 6.07) is 9.63. The van der Waals surface area contributed by atoms with Crippen LogP contribution in [0.15, 0.2) is 41.3 Å². The van der Waals surface area contributed by atoms with E-state index in [1.54, 1.807) is 19.4 Å². The molecule has 6 nitrogen and oxygen atoms in total. The first-order valence-electron chi connectivity index (χ1n) is 6.95. The maximum Gasteiger partial charge on any atom is 0.266 e. The van der Waals surface area contributed by atoms with E-state index in [0.29, 0.717) is 0 Å². The third-order valence-corrected chi connectivity index (χ3v) is 3.72. The van der Waals surface area contributed by atoms with Crippen molar-refractivity contribution < 1.29 is 4.74 Å². The molecule has 0 bridgehead atoms. The summed E-state index contributed by atoms with van der Waals surface area (Å²) >= 11 is 0. The standard InChI is InChI=1S/C15H18N4O2/c1-21-14-5-3-2-4-13(14)19-8-6-18(7-9-19)12-10-15(20)17-16-11-12/h2-5,10-11H,6-9H2,1H3,(H,17,20). The van der Waals surface area contributed by atoms with Crippen molar-refractivity contribution in [3.8, 4) is 5.75 Å². The molecule has 2 aromatic rings. The van der Waals surface area contributed by atoms with Crippen LogP contribution in [0.25, 0.3) is 0 Å². The van der Waals surface area contributed by atoms with Crippen molar-refractivity contribution in [1.82, 2.24) is 10.2 Å². The zero-order chi connectivity index (χ0) is 14.7. The van der Waals surface area contributed by atoms with Crippen LogP contribution in [0.4, 0.5) is 11.4 Å². The number of ether oxygens (including phenoxy) is 1. The van der Waals surface area contributed by atoms with Crippen molar-refractivity contribution in [2.24, 2.45) is 0 Å². The molecule has 0 atom stereocenters. The number of hydrogen-bond acceptors (Lipinski definition) is 5. The molecule has 0 amide bonds. The van der Waals surface area contributed by atoms with Gasteiger partial charge in [0.05, 0.1) is 24.7 Å². The Morgan fingerprint density at radius 2 is 1.86 bits per heavy atom. The molecule has 2 heterocycles. The summed E-state index contributed by atoms with van der Waals surface area (Å²) < 4.78 is 5.42. The molecule has 21 heavy (non-hydrogen) atoms. The van der Waals surface area contributed by atoms with Gasteiger partial charge in [-0.1, -0.05) is 12.1 Å². The lowest BCUT2D eigenvalue weighted by Gasteiger charge is -2.37. The van der Waals surface area contributed by atoms with Crippen LogP contribution in [0.1, 0.15) is 0 Å². The molecular weight excluding hydrogens is 268 g/mol. The van der Waals surface area contributed by atoms with Gasteiger partial charge in [0.15, 0.2) is 0 Å². The number of methoxy groups -OCH3 is 1. The average Bonchev–Trinajstić information content (AvgIpc) is 2.55. The second-order valence-electron chi connectivity index (χ2n) is 4.95. The molecule has 0 spiro atoms. The summed E-state index contributed by atoms with van der Waals surface area (Å²) in [5, 5.41) is 6.25. The van der Waals surface area contributed by atoms with E-state index in [2.05, 4.69) is 26.1 Å². The van der Waals surface area contributed by atoms with Gasteiger partial charge in [-0.05, 0) is 12.1 Å². The summed E-state index contributed by atoms with van der Waals surface area (Å²) in [4.78, 5) is 15.8. The minimum Gasteiger partial charge on any atom is -0.495 e. The fourth-order valence-corrected chi connectivity index (χ4v) is 2.64. The molecule has 1 fully saturated rings. The lowest BCUT2D eigenvalue weighted by Crippen LogP contribution is -2.46. The number of aromatic nitrogens is 2. The molecule has 1 N–H and O–H groups in total. The number of para-hydroxylation sites is 2. The largest absolute Gasteiger partial charge is 0.495 e. The third-order valence-electron chi connectivity index (χ3n) is 3.72. The van der Waals surface area contributed by atoms with E-state index >= 15 is 0 Å². The highest BCUT2D eigenvalue weighted by atomic mass is 16.5. The number of anilines is 2. The molecule has 0 aliphatic carbocycles. The van der Waals surface area contributed by atoms with Crippen LogP contribution in [0.5, 0.6) is 5.75 Å². The van der Waals surface area contributed by atoms with Crippen LogP contribution < -0.4 is 20.1 Å². The van der Waals surface area contributed by atoms with E-state index < -0.39 is 0 Å². The van der Waals surface area contributed by atoms with Gasteiger partial charge >= 0.3 is 0 Å². The summed E-state index contributed by atoms with van der Waals surface area (Å²) in [5.74, 6) is 0.892. The van der Waals surface area contributed by atoms with Crippen molar-refractivity contribution in [3.63, 3.8) is 0 Å². The Balaban J connectivity index is 1.72. The fourth-order valence-electron chi connectivity index (χ4n) is 2.64. The van der Waals surface area contributed by atoms with Crippen molar-refractivity contribution >= 4 is 11.4 Å². The Hall–Kier alpha value is -2.50. The van der Waals surface area contributed by atoms with Crippen LogP contribution in [0, 0.1) is 0 Å².